The van der Waals surface area contributed by atoms with Crippen LogP contribution in [-0.2, 0) is 0 Å². The summed E-state index contributed by atoms with van der Waals surface area (Å²) in [5, 5.41) is 2.90. The molecule has 9 heavy (non-hydrogen) atoms. The molecule has 2 unspecified atom stereocenters. The molecule has 0 aromatic heterocycles. The Balaban J connectivity index is 2.21. The van der Waals surface area contributed by atoms with E-state index < -0.39 is 0 Å². The quantitative estimate of drug-likeness (QED) is 0.523. The van der Waals surface area contributed by atoms with E-state index >= 15 is 0 Å². The van der Waals surface area contributed by atoms with Crippen molar-refractivity contribution in [3.63, 3.8) is 0 Å². The minimum absolute atomic E-state index is 0.546. The van der Waals surface area contributed by atoms with Gasteiger partial charge in [-0.05, 0) is 24.7 Å². The average molecular weight is 127 g/mol. The van der Waals surface area contributed by atoms with Gasteiger partial charge >= 0.3 is 0 Å². The maximum atomic E-state index is 9.82. The number of nitrogens with zero attached hydrogens (tertiary/aromatic N) is 1. The largest absolute Gasteiger partial charge is 0.151 e. The van der Waals surface area contributed by atoms with E-state index in [1.54, 1.807) is 0 Å². The second-order valence-electron chi connectivity index (χ2n) is 3.10. The summed E-state index contributed by atoms with van der Waals surface area (Å²) >= 11 is 0. The van der Waals surface area contributed by atoms with Gasteiger partial charge in [0.15, 0.2) is 0 Å². The first-order valence-electron chi connectivity index (χ1n) is 3.62. The zero-order chi connectivity index (χ0) is 6.69. The molecule has 0 aromatic carbocycles. The van der Waals surface area contributed by atoms with Crippen molar-refractivity contribution in [2.45, 2.75) is 26.2 Å². The number of hydrogen-bond acceptors (Lipinski definition) is 2. The molecule has 0 N–H and O–H groups in total. The van der Waals surface area contributed by atoms with Crippen LogP contribution in [0, 0.1) is 16.7 Å². The fraction of sp³-hybridized carbons (Fsp3) is 1.00. The molecule has 0 aliphatic heterocycles. The van der Waals surface area contributed by atoms with Gasteiger partial charge in [-0.3, -0.25) is 0 Å². The van der Waals surface area contributed by atoms with Gasteiger partial charge in [0.25, 0.3) is 0 Å². The molecule has 2 heteroatoms. The average Bonchev–Trinajstić information content (AvgIpc) is 2.17. The lowest BCUT2D eigenvalue weighted by molar-refractivity contribution is 0.525. The van der Waals surface area contributed by atoms with Crippen LogP contribution >= 0.6 is 0 Å². The van der Waals surface area contributed by atoms with Gasteiger partial charge in [0, 0.05) is 0 Å². The monoisotopic (exact) mass is 127 g/mol. The predicted molar refractivity (Wildman–Crippen MR) is 37.2 cm³/mol. The van der Waals surface area contributed by atoms with E-state index in [2.05, 4.69) is 12.1 Å². The molecule has 1 fully saturated rings. The summed E-state index contributed by atoms with van der Waals surface area (Å²) in [4.78, 5) is 9.82. The Labute approximate surface area is 55.6 Å². The summed E-state index contributed by atoms with van der Waals surface area (Å²) in [6.07, 6.45) is 3.72. The van der Waals surface area contributed by atoms with Crippen LogP contribution in [0.2, 0.25) is 0 Å². The highest BCUT2D eigenvalue weighted by molar-refractivity contribution is 4.73. The van der Waals surface area contributed by atoms with Crippen molar-refractivity contribution in [2.24, 2.45) is 17.0 Å². The third-order valence-electron chi connectivity index (χ3n) is 2.14. The van der Waals surface area contributed by atoms with E-state index in [9.17, 15) is 4.91 Å². The van der Waals surface area contributed by atoms with Crippen LogP contribution in [0.15, 0.2) is 5.18 Å². The van der Waals surface area contributed by atoms with Gasteiger partial charge in [0.1, 0.15) is 0 Å². The third kappa shape index (κ3) is 1.77. The highest BCUT2D eigenvalue weighted by Gasteiger charge is 2.20. The first-order chi connectivity index (χ1) is 4.33. The van der Waals surface area contributed by atoms with Gasteiger partial charge in [-0.25, -0.2) is 0 Å². The van der Waals surface area contributed by atoms with E-state index in [0.717, 1.165) is 5.92 Å². The first kappa shape index (κ1) is 6.72. The normalized spacial score (nSPS) is 34.8. The minimum Gasteiger partial charge on any atom is -0.151 e. The summed E-state index contributed by atoms with van der Waals surface area (Å²) in [5.74, 6) is 1.44. The van der Waals surface area contributed by atoms with Gasteiger partial charge < -0.3 is 0 Å². The van der Waals surface area contributed by atoms with E-state index in [1.165, 1.54) is 19.3 Å². The van der Waals surface area contributed by atoms with Crippen LogP contribution in [0.3, 0.4) is 0 Å². The zero-order valence-electron chi connectivity index (χ0n) is 5.84. The van der Waals surface area contributed by atoms with Crippen molar-refractivity contribution in [1.82, 2.24) is 0 Å². The lowest BCUT2D eigenvalue weighted by Crippen LogP contribution is -1.97. The highest BCUT2D eigenvalue weighted by Crippen LogP contribution is 2.30. The molecule has 0 amide bonds. The van der Waals surface area contributed by atoms with E-state index in [-0.39, 0.29) is 0 Å². The zero-order valence-corrected chi connectivity index (χ0v) is 5.84. The molecule has 2 nitrogen and oxygen atoms in total. The molecule has 1 aliphatic rings. The number of nitroso groups, excluding NO2 is 1. The molecule has 52 valence electrons. The van der Waals surface area contributed by atoms with Crippen LogP contribution in [0.25, 0.3) is 0 Å². The van der Waals surface area contributed by atoms with Crippen LogP contribution in [0.5, 0.6) is 0 Å². The van der Waals surface area contributed by atoms with Crippen molar-refractivity contribution >= 4 is 0 Å². The number of hydrogen-bond donors (Lipinski definition) is 0. The fourth-order valence-electron chi connectivity index (χ4n) is 1.60. The first-order valence-corrected chi connectivity index (χ1v) is 3.62. The molecule has 0 radical (unpaired) electrons. The Hall–Kier alpha value is -0.400. The van der Waals surface area contributed by atoms with Crippen molar-refractivity contribution < 1.29 is 0 Å². The topological polar surface area (TPSA) is 29.4 Å². The van der Waals surface area contributed by atoms with E-state index in [1.807, 2.05) is 0 Å². The SMILES string of the molecule is CC1CCC(CN=O)C1. The van der Waals surface area contributed by atoms with E-state index in [0.29, 0.717) is 12.5 Å². The summed E-state index contributed by atoms with van der Waals surface area (Å²) in [6.45, 7) is 2.79. The number of rotatable bonds is 2. The molecule has 0 saturated heterocycles. The molecular formula is C7H13NO. The Morgan fingerprint density at radius 2 is 2.33 bits per heavy atom. The van der Waals surface area contributed by atoms with Gasteiger partial charge in [-0.15, -0.1) is 0 Å². The predicted octanol–water partition coefficient (Wildman–Crippen LogP) is 2.19. The summed E-state index contributed by atoms with van der Waals surface area (Å²) in [6, 6.07) is 0. The molecule has 0 bridgehead atoms. The minimum atomic E-state index is 0.546. The smallest absolute Gasteiger partial charge is 0.0839 e. The van der Waals surface area contributed by atoms with E-state index in [4.69, 9.17) is 0 Å². The van der Waals surface area contributed by atoms with Crippen LogP contribution in [0.4, 0.5) is 0 Å². The van der Waals surface area contributed by atoms with Crippen molar-refractivity contribution in [3.8, 4) is 0 Å². The lowest BCUT2D eigenvalue weighted by Gasteiger charge is -2.00. The van der Waals surface area contributed by atoms with Crippen molar-refractivity contribution in [3.05, 3.63) is 4.91 Å². The highest BCUT2D eigenvalue weighted by atomic mass is 16.3. The van der Waals surface area contributed by atoms with Gasteiger partial charge in [-0.1, -0.05) is 18.5 Å². The van der Waals surface area contributed by atoms with Crippen LogP contribution in [-0.4, -0.2) is 6.54 Å². The molecule has 1 rings (SSSR count). The van der Waals surface area contributed by atoms with Gasteiger partial charge in [0.05, 0.1) is 6.54 Å². The van der Waals surface area contributed by atoms with Gasteiger partial charge in [0.2, 0.25) is 0 Å². The second-order valence-corrected chi connectivity index (χ2v) is 3.10. The maximum Gasteiger partial charge on any atom is 0.0839 e. The maximum absolute atomic E-state index is 9.82. The molecule has 0 spiro atoms. The molecule has 0 heterocycles. The fourth-order valence-corrected chi connectivity index (χ4v) is 1.60. The molecule has 2 atom stereocenters. The molecule has 1 aliphatic carbocycles. The Morgan fingerprint density at radius 3 is 2.78 bits per heavy atom. The molecule has 1 saturated carbocycles. The van der Waals surface area contributed by atoms with Crippen LogP contribution < -0.4 is 0 Å². The lowest BCUT2D eigenvalue weighted by atomic mass is 10.1. The summed E-state index contributed by atoms with van der Waals surface area (Å²) < 4.78 is 0. The Morgan fingerprint density at radius 1 is 1.56 bits per heavy atom. The van der Waals surface area contributed by atoms with Crippen molar-refractivity contribution in [2.75, 3.05) is 6.54 Å². The Kier molecular flexibility index (Phi) is 2.20. The second kappa shape index (κ2) is 2.95. The van der Waals surface area contributed by atoms with Crippen molar-refractivity contribution in [1.29, 1.82) is 0 Å². The summed E-state index contributed by atoms with van der Waals surface area (Å²) in [7, 11) is 0. The standard InChI is InChI=1S/C7H13NO/c1-6-2-3-7(4-6)5-8-9/h6-7H,2-5H2,1H3. The molecule has 0 aromatic rings. The van der Waals surface area contributed by atoms with Gasteiger partial charge in [-0.2, -0.15) is 4.91 Å². The molecular weight excluding hydrogens is 114 g/mol. The third-order valence-corrected chi connectivity index (χ3v) is 2.14. The summed E-state index contributed by atoms with van der Waals surface area (Å²) in [5.41, 5.74) is 0. The van der Waals surface area contributed by atoms with Crippen LogP contribution in [0.1, 0.15) is 26.2 Å². The Bertz CT molecular complexity index is 103.